The maximum Gasteiger partial charge on any atom is 0.308 e. The first-order valence-corrected chi connectivity index (χ1v) is 14.8. The Bertz CT molecular complexity index is 1390. The Labute approximate surface area is 246 Å². The monoisotopic (exact) mass is 582 g/mol. The van der Waals surface area contributed by atoms with Gasteiger partial charge in [-0.3, -0.25) is 4.79 Å². The lowest BCUT2D eigenvalue weighted by molar-refractivity contribution is -0.147. The predicted molar refractivity (Wildman–Crippen MR) is 157 cm³/mol. The fraction of sp³-hybridized carbons (Fsp3) is 0.548. The van der Waals surface area contributed by atoms with Crippen molar-refractivity contribution in [3.05, 3.63) is 40.2 Å². The molecule has 1 N–H and O–H groups in total. The summed E-state index contributed by atoms with van der Waals surface area (Å²) in [6.45, 7) is 9.80. The Morgan fingerprint density at radius 3 is 2.59 bits per heavy atom. The maximum atomic E-state index is 12.1. The highest BCUT2D eigenvalue weighted by molar-refractivity contribution is 6.33. The SMILES string of the molecule is CCC[C@@H](O)COc1ccc(Cl)c(-c2nc(-c3c(C)noc3C)c(C)c(N3CC4(CCC(C(=O)OC)CC4)C3)n2)c1. The lowest BCUT2D eigenvalue weighted by Gasteiger charge is -2.54. The van der Waals surface area contributed by atoms with Crippen LogP contribution >= 0.6 is 11.6 Å². The Kier molecular flexibility index (Phi) is 8.57. The molecule has 0 amide bonds. The Hall–Kier alpha value is -3.17. The lowest BCUT2D eigenvalue weighted by atomic mass is 9.66. The van der Waals surface area contributed by atoms with Gasteiger partial charge in [0.25, 0.3) is 0 Å². The van der Waals surface area contributed by atoms with Gasteiger partial charge in [-0.05, 0) is 71.1 Å². The number of methoxy groups -OCH3 is 1. The summed E-state index contributed by atoms with van der Waals surface area (Å²) in [5.74, 6) is 2.52. The lowest BCUT2D eigenvalue weighted by Crippen LogP contribution is -2.58. The number of ether oxygens (including phenoxy) is 2. The van der Waals surface area contributed by atoms with E-state index in [1.54, 1.807) is 12.1 Å². The summed E-state index contributed by atoms with van der Waals surface area (Å²) in [7, 11) is 1.47. The molecule has 5 rings (SSSR count). The van der Waals surface area contributed by atoms with E-state index >= 15 is 0 Å². The number of halogens is 1. The number of aryl methyl sites for hydroxylation is 2. The minimum Gasteiger partial charge on any atom is -0.491 e. The summed E-state index contributed by atoms with van der Waals surface area (Å²) < 4.78 is 16.4. The molecule has 0 bridgehead atoms. The zero-order chi connectivity index (χ0) is 29.3. The Morgan fingerprint density at radius 2 is 1.95 bits per heavy atom. The molecule has 1 aliphatic heterocycles. The van der Waals surface area contributed by atoms with Crippen molar-refractivity contribution < 1.29 is 23.9 Å². The maximum absolute atomic E-state index is 12.1. The standard InChI is InChI=1S/C31H39ClN4O5/c1-6-7-22(37)15-40-23-8-9-25(32)24(14-23)28-33-27(26-19(3)35-41-20(26)4)18(2)29(34-28)36-16-31(17-36)12-10-21(11-13-31)30(38)39-5/h8-9,14,21-22,37H,6-7,10-13,15-17H2,1-5H3/t22-/m1/s1. The van der Waals surface area contributed by atoms with Crippen LogP contribution in [0.2, 0.25) is 5.02 Å². The van der Waals surface area contributed by atoms with E-state index < -0.39 is 6.10 Å². The first kappa shape index (κ1) is 29.3. The molecule has 1 spiro atoms. The van der Waals surface area contributed by atoms with Gasteiger partial charge < -0.3 is 24.0 Å². The van der Waals surface area contributed by atoms with Gasteiger partial charge in [-0.1, -0.05) is 30.1 Å². The van der Waals surface area contributed by atoms with Crippen molar-refractivity contribution in [1.82, 2.24) is 15.1 Å². The highest BCUT2D eigenvalue weighted by Gasteiger charge is 2.47. The fourth-order valence-corrected chi connectivity index (χ4v) is 6.44. The summed E-state index contributed by atoms with van der Waals surface area (Å²) in [4.78, 5) is 24.4. The number of hydrogen-bond acceptors (Lipinski definition) is 9. The molecule has 1 aromatic carbocycles. The molecule has 2 fully saturated rings. The van der Waals surface area contributed by atoms with E-state index in [0.29, 0.717) is 34.3 Å². The third kappa shape index (κ3) is 5.93. The predicted octanol–water partition coefficient (Wildman–Crippen LogP) is 6.09. The number of carbonyl (C=O) groups excluding carboxylic acids is 1. The molecule has 3 aromatic rings. The van der Waals surface area contributed by atoms with Crippen LogP contribution < -0.4 is 9.64 Å². The number of nitrogens with zero attached hydrogens (tertiary/aromatic N) is 4. The number of carbonyl (C=O) groups is 1. The second-order valence-electron chi connectivity index (χ2n) is 11.6. The third-order valence-electron chi connectivity index (χ3n) is 8.57. The van der Waals surface area contributed by atoms with E-state index in [1.165, 1.54) is 7.11 Å². The molecule has 1 saturated carbocycles. The first-order valence-electron chi connectivity index (χ1n) is 14.4. The van der Waals surface area contributed by atoms with Crippen LogP contribution in [0.3, 0.4) is 0 Å². The van der Waals surface area contributed by atoms with Crippen LogP contribution in [-0.4, -0.2) is 59.1 Å². The largest absolute Gasteiger partial charge is 0.491 e. The molecule has 1 saturated heterocycles. The molecule has 0 unspecified atom stereocenters. The van der Waals surface area contributed by atoms with Gasteiger partial charge in [-0.2, -0.15) is 0 Å². The van der Waals surface area contributed by atoms with Crippen molar-refractivity contribution in [3.63, 3.8) is 0 Å². The van der Waals surface area contributed by atoms with Crippen LogP contribution in [0, 0.1) is 32.1 Å². The summed E-state index contributed by atoms with van der Waals surface area (Å²) in [6.07, 6.45) is 4.71. The topological polar surface area (TPSA) is 111 Å². The Balaban J connectivity index is 1.48. The van der Waals surface area contributed by atoms with Gasteiger partial charge in [0, 0.05) is 29.6 Å². The number of benzene rings is 1. The van der Waals surface area contributed by atoms with Crippen LogP contribution in [0.25, 0.3) is 22.6 Å². The van der Waals surface area contributed by atoms with Gasteiger partial charge in [0.15, 0.2) is 5.82 Å². The van der Waals surface area contributed by atoms with Gasteiger partial charge in [-0.15, -0.1) is 0 Å². The normalized spacial score (nSPS) is 17.4. The van der Waals surface area contributed by atoms with E-state index in [1.807, 2.05) is 33.8 Å². The smallest absolute Gasteiger partial charge is 0.308 e. The van der Waals surface area contributed by atoms with Crippen molar-refractivity contribution in [3.8, 4) is 28.4 Å². The summed E-state index contributed by atoms with van der Waals surface area (Å²) in [5.41, 5.74) is 4.15. The fourth-order valence-electron chi connectivity index (χ4n) is 6.23. The van der Waals surface area contributed by atoms with E-state index in [-0.39, 0.29) is 23.9 Å². The highest BCUT2D eigenvalue weighted by Crippen LogP contribution is 2.48. The minimum absolute atomic E-state index is 0.00192. The zero-order valence-electron chi connectivity index (χ0n) is 24.5. The molecule has 0 radical (unpaired) electrons. The third-order valence-corrected chi connectivity index (χ3v) is 8.90. The second-order valence-corrected chi connectivity index (χ2v) is 12.0. The van der Waals surface area contributed by atoms with Crippen molar-refractivity contribution >= 4 is 23.4 Å². The molecule has 1 atom stereocenters. The van der Waals surface area contributed by atoms with Crippen molar-refractivity contribution in [1.29, 1.82) is 0 Å². The van der Waals surface area contributed by atoms with Crippen molar-refractivity contribution in [2.75, 3.05) is 31.7 Å². The van der Waals surface area contributed by atoms with Gasteiger partial charge in [0.2, 0.25) is 0 Å². The average Bonchev–Trinajstić information content (AvgIpc) is 3.28. The average molecular weight is 583 g/mol. The molecule has 1 aliphatic carbocycles. The van der Waals surface area contributed by atoms with Crippen molar-refractivity contribution in [2.45, 2.75) is 72.3 Å². The molecular weight excluding hydrogens is 544 g/mol. The molecule has 2 aromatic heterocycles. The number of hydrogen-bond donors (Lipinski definition) is 1. The van der Waals surface area contributed by atoms with Gasteiger partial charge >= 0.3 is 5.97 Å². The van der Waals surface area contributed by atoms with Crippen LogP contribution in [0.5, 0.6) is 5.75 Å². The van der Waals surface area contributed by atoms with Crippen LogP contribution in [-0.2, 0) is 9.53 Å². The molecule has 9 nitrogen and oxygen atoms in total. The number of aliphatic hydroxyl groups is 1. The van der Waals surface area contributed by atoms with E-state index in [9.17, 15) is 9.90 Å². The zero-order valence-corrected chi connectivity index (χ0v) is 25.3. The molecule has 2 aliphatic rings. The number of aliphatic hydroxyl groups excluding tert-OH is 1. The van der Waals surface area contributed by atoms with Gasteiger partial charge in [0.1, 0.15) is 23.9 Å². The van der Waals surface area contributed by atoms with Crippen molar-refractivity contribution in [2.24, 2.45) is 11.3 Å². The van der Waals surface area contributed by atoms with E-state index in [4.69, 9.17) is 35.6 Å². The summed E-state index contributed by atoms with van der Waals surface area (Å²) in [6, 6.07) is 5.40. The molecule has 220 valence electrons. The number of aromatic nitrogens is 3. The number of esters is 1. The van der Waals surface area contributed by atoms with Crippen LogP contribution in [0.1, 0.15) is 62.5 Å². The number of anilines is 1. The first-order chi connectivity index (χ1) is 19.6. The number of rotatable bonds is 9. The van der Waals surface area contributed by atoms with Gasteiger partial charge in [0.05, 0.1) is 41.1 Å². The minimum atomic E-state index is -0.533. The second kappa shape index (κ2) is 12.0. The molecular formula is C31H39ClN4O5. The molecule has 41 heavy (non-hydrogen) atoms. The Morgan fingerprint density at radius 1 is 1.22 bits per heavy atom. The van der Waals surface area contributed by atoms with Gasteiger partial charge in [-0.25, -0.2) is 9.97 Å². The summed E-state index contributed by atoms with van der Waals surface area (Å²) in [5, 5.41) is 14.8. The highest BCUT2D eigenvalue weighted by atomic mass is 35.5. The van der Waals surface area contributed by atoms with Crippen LogP contribution in [0.4, 0.5) is 5.82 Å². The van der Waals surface area contributed by atoms with E-state index in [0.717, 1.165) is 73.5 Å². The summed E-state index contributed by atoms with van der Waals surface area (Å²) >= 11 is 6.70. The van der Waals surface area contributed by atoms with Crippen LogP contribution in [0.15, 0.2) is 22.7 Å². The van der Waals surface area contributed by atoms with E-state index in [2.05, 4.69) is 10.1 Å². The molecule has 3 heterocycles. The molecule has 10 heteroatoms. The quantitative estimate of drug-likeness (QED) is 0.300.